The maximum Gasteiger partial charge on any atom is 0.161 e. The molecule has 0 aliphatic rings. The number of fused-ring (bicyclic) bond motifs is 1. The number of carbonyl (C=O) groups excluding carboxylic acids is 1. The largest absolute Gasteiger partial charge is 0.545 e. The molecule has 2 aromatic carbocycles. The molecule has 5 heteroatoms. The number of unbranched alkanes of at least 4 members (excludes halogenated alkanes) is 1. The number of pyridine rings is 1. The summed E-state index contributed by atoms with van der Waals surface area (Å²) in [6.07, 6.45) is 2.01. The van der Waals surface area contributed by atoms with E-state index in [1.807, 2.05) is 43.3 Å². The van der Waals surface area contributed by atoms with Gasteiger partial charge in [-0.15, -0.1) is 0 Å². The average Bonchev–Trinajstić information content (AvgIpc) is 2.67. The molecule has 1 aromatic heterocycles. The zero-order valence-corrected chi connectivity index (χ0v) is 15.7. The van der Waals surface area contributed by atoms with E-state index < -0.39 is 5.97 Å². The van der Waals surface area contributed by atoms with Gasteiger partial charge in [0.25, 0.3) is 0 Å². The Balaban J connectivity index is 2.06. The Morgan fingerprint density at radius 2 is 1.93 bits per heavy atom. The molecule has 0 unspecified atom stereocenters. The number of nitrogens with zero attached hydrogens (tertiary/aromatic N) is 1. The molecule has 0 radical (unpaired) electrons. The zero-order chi connectivity index (χ0) is 19.4. The monoisotopic (exact) mass is 364 g/mol. The molecule has 0 fully saturated rings. The Kier molecular flexibility index (Phi) is 5.60. The number of hydrogen-bond acceptors (Lipinski definition) is 5. The predicted molar refractivity (Wildman–Crippen MR) is 103 cm³/mol. The van der Waals surface area contributed by atoms with Gasteiger partial charge in [-0.1, -0.05) is 25.0 Å². The summed E-state index contributed by atoms with van der Waals surface area (Å²) in [5, 5.41) is 12.2. The summed E-state index contributed by atoms with van der Waals surface area (Å²) >= 11 is 0. The highest BCUT2D eigenvalue weighted by Gasteiger charge is 2.12. The smallest absolute Gasteiger partial charge is 0.161 e. The van der Waals surface area contributed by atoms with E-state index in [0.29, 0.717) is 34.7 Å². The van der Waals surface area contributed by atoms with Gasteiger partial charge in [0, 0.05) is 16.5 Å². The van der Waals surface area contributed by atoms with Crippen molar-refractivity contribution < 1.29 is 19.4 Å². The lowest BCUT2D eigenvalue weighted by Crippen LogP contribution is -2.22. The summed E-state index contributed by atoms with van der Waals surface area (Å²) in [5.74, 6) is 0.0244. The molecule has 0 saturated carbocycles. The van der Waals surface area contributed by atoms with Crippen molar-refractivity contribution in [3.8, 4) is 22.8 Å². The van der Waals surface area contributed by atoms with E-state index in [-0.39, 0.29) is 5.56 Å². The van der Waals surface area contributed by atoms with Gasteiger partial charge in [0.05, 0.1) is 30.9 Å². The fourth-order valence-corrected chi connectivity index (χ4v) is 2.93. The van der Waals surface area contributed by atoms with Crippen LogP contribution in [0.5, 0.6) is 11.5 Å². The number of ether oxygens (including phenoxy) is 2. The highest BCUT2D eigenvalue weighted by Crippen LogP contribution is 2.33. The maximum absolute atomic E-state index is 11.7. The Morgan fingerprint density at radius 3 is 2.63 bits per heavy atom. The lowest BCUT2D eigenvalue weighted by Gasteiger charge is -2.14. The van der Waals surface area contributed by atoms with Gasteiger partial charge < -0.3 is 19.4 Å². The van der Waals surface area contributed by atoms with E-state index in [4.69, 9.17) is 9.47 Å². The summed E-state index contributed by atoms with van der Waals surface area (Å²) in [6, 6.07) is 12.6. The van der Waals surface area contributed by atoms with E-state index in [1.165, 1.54) is 0 Å². The molecule has 3 aromatic rings. The number of hydrogen-bond donors (Lipinski definition) is 0. The lowest BCUT2D eigenvalue weighted by atomic mass is 10.0. The number of carboxylic acid groups (broad SMARTS) is 1. The van der Waals surface area contributed by atoms with Crippen molar-refractivity contribution >= 4 is 16.9 Å². The van der Waals surface area contributed by atoms with Gasteiger partial charge in [0.15, 0.2) is 11.5 Å². The molecule has 0 bridgehead atoms. The van der Waals surface area contributed by atoms with Crippen molar-refractivity contribution in [2.24, 2.45) is 0 Å². The van der Waals surface area contributed by atoms with Crippen LogP contribution in [0.1, 0.15) is 35.7 Å². The van der Waals surface area contributed by atoms with Crippen LogP contribution in [0.4, 0.5) is 0 Å². The minimum atomic E-state index is -1.22. The molecule has 0 N–H and O–H groups in total. The van der Waals surface area contributed by atoms with E-state index in [9.17, 15) is 9.90 Å². The second-order valence-electron chi connectivity index (χ2n) is 6.43. The van der Waals surface area contributed by atoms with E-state index in [1.54, 1.807) is 13.2 Å². The van der Waals surface area contributed by atoms with Gasteiger partial charge in [-0.2, -0.15) is 0 Å². The number of carboxylic acids is 1. The molecular weight excluding hydrogens is 342 g/mol. The number of aromatic carboxylic acids is 1. The molecule has 1 heterocycles. The molecule has 0 atom stereocenters. The molecular formula is C22H22NO4-. The minimum absolute atomic E-state index is 0.126. The van der Waals surface area contributed by atoms with Crippen LogP contribution in [0.2, 0.25) is 0 Å². The summed E-state index contributed by atoms with van der Waals surface area (Å²) < 4.78 is 11.2. The van der Waals surface area contributed by atoms with Crippen LogP contribution in [-0.4, -0.2) is 24.7 Å². The minimum Gasteiger partial charge on any atom is -0.545 e. The highest BCUT2D eigenvalue weighted by atomic mass is 16.5. The van der Waals surface area contributed by atoms with Crippen LogP contribution in [0.25, 0.3) is 22.2 Å². The van der Waals surface area contributed by atoms with Crippen LogP contribution < -0.4 is 14.6 Å². The Labute approximate surface area is 158 Å². The first-order valence-electron chi connectivity index (χ1n) is 8.97. The van der Waals surface area contributed by atoms with Gasteiger partial charge in [-0.05, 0) is 49.7 Å². The average molecular weight is 364 g/mol. The van der Waals surface area contributed by atoms with Crippen molar-refractivity contribution in [1.29, 1.82) is 0 Å². The summed E-state index contributed by atoms with van der Waals surface area (Å²) in [4.78, 5) is 16.3. The zero-order valence-electron chi connectivity index (χ0n) is 15.7. The van der Waals surface area contributed by atoms with Crippen molar-refractivity contribution in [1.82, 2.24) is 4.98 Å². The van der Waals surface area contributed by atoms with Crippen LogP contribution >= 0.6 is 0 Å². The summed E-state index contributed by atoms with van der Waals surface area (Å²) in [5.41, 5.74) is 3.00. The SMILES string of the molecule is CCCCOc1ccc(-c2cc(C(=O)[O-])c3cc(C)ccc3n2)cc1OC. The molecule has 0 aliphatic carbocycles. The number of rotatable bonds is 7. The first-order valence-corrected chi connectivity index (χ1v) is 8.97. The van der Waals surface area contributed by atoms with Gasteiger partial charge >= 0.3 is 0 Å². The fourth-order valence-electron chi connectivity index (χ4n) is 2.93. The fraction of sp³-hybridized carbons (Fsp3) is 0.273. The van der Waals surface area contributed by atoms with Crippen molar-refractivity contribution in [2.45, 2.75) is 26.7 Å². The molecule has 140 valence electrons. The van der Waals surface area contributed by atoms with Gasteiger partial charge in [-0.3, -0.25) is 0 Å². The number of benzene rings is 2. The first-order chi connectivity index (χ1) is 13.0. The Hall–Kier alpha value is -3.08. The van der Waals surface area contributed by atoms with Crippen LogP contribution in [0.3, 0.4) is 0 Å². The van der Waals surface area contributed by atoms with E-state index in [0.717, 1.165) is 24.0 Å². The molecule has 0 saturated heterocycles. The van der Waals surface area contributed by atoms with Crippen LogP contribution in [0, 0.1) is 6.92 Å². The maximum atomic E-state index is 11.7. The third-order valence-corrected chi connectivity index (χ3v) is 4.40. The Bertz CT molecular complexity index is 981. The Morgan fingerprint density at radius 1 is 1.11 bits per heavy atom. The standard InChI is InChI=1S/C22H23NO4/c1-4-5-10-27-20-9-7-15(12-21(20)26-3)19-13-17(22(24)25)16-11-14(2)6-8-18(16)23-19/h6-9,11-13H,4-5,10H2,1-3H3,(H,24,25)/p-1. The summed E-state index contributed by atoms with van der Waals surface area (Å²) in [7, 11) is 1.58. The predicted octanol–water partition coefficient (Wildman–Crippen LogP) is 3.76. The molecule has 5 nitrogen and oxygen atoms in total. The summed E-state index contributed by atoms with van der Waals surface area (Å²) in [6.45, 7) is 4.63. The molecule has 0 aliphatic heterocycles. The second kappa shape index (κ2) is 8.08. The number of aryl methyl sites for hydroxylation is 1. The second-order valence-corrected chi connectivity index (χ2v) is 6.43. The molecule has 27 heavy (non-hydrogen) atoms. The lowest BCUT2D eigenvalue weighted by molar-refractivity contribution is -0.254. The van der Waals surface area contributed by atoms with Crippen LogP contribution in [0.15, 0.2) is 42.5 Å². The van der Waals surface area contributed by atoms with Crippen molar-refractivity contribution in [3.63, 3.8) is 0 Å². The number of methoxy groups -OCH3 is 1. The van der Waals surface area contributed by atoms with Gasteiger partial charge in [-0.25, -0.2) is 4.98 Å². The normalized spacial score (nSPS) is 10.8. The van der Waals surface area contributed by atoms with Gasteiger partial charge in [0.2, 0.25) is 0 Å². The quantitative estimate of drug-likeness (QED) is 0.597. The van der Waals surface area contributed by atoms with Crippen molar-refractivity contribution in [2.75, 3.05) is 13.7 Å². The van der Waals surface area contributed by atoms with E-state index in [2.05, 4.69) is 11.9 Å². The number of aromatic nitrogens is 1. The topological polar surface area (TPSA) is 71.5 Å². The highest BCUT2D eigenvalue weighted by molar-refractivity contribution is 6.03. The first kappa shape index (κ1) is 18.7. The molecule has 3 rings (SSSR count). The molecule has 0 amide bonds. The van der Waals surface area contributed by atoms with E-state index >= 15 is 0 Å². The third kappa shape index (κ3) is 4.03. The number of carbonyl (C=O) groups is 1. The third-order valence-electron chi connectivity index (χ3n) is 4.40. The van der Waals surface area contributed by atoms with Gasteiger partial charge in [0.1, 0.15) is 0 Å². The van der Waals surface area contributed by atoms with Crippen molar-refractivity contribution in [3.05, 3.63) is 53.6 Å². The molecule has 0 spiro atoms. The van der Waals surface area contributed by atoms with Crippen LogP contribution in [-0.2, 0) is 0 Å².